The van der Waals surface area contributed by atoms with E-state index in [0.29, 0.717) is 5.56 Å². The van der Waals surface area contributed by atoms with Crippen LogP contribution in [-0.2, 0) is 12.8 Å². The molecule has 2 rings (SSSR count). The molecule has 3 nitrogen and oxygen atoms in total. The maximum Gasteiger partial charge on any atom is 0.337 e. The zero-order valence-electron chi connectivity index (χ0n) is 14.4. The van der Waals surface area contributed by atoms with Gasteiger partial charge in [-0.2, -0.15) is 0 Å². The normalized spacial score (nSPS) is 11.5. The minimum atomic E-state index is -0.832. The van der Waals surface area contributed by atoms with Crippen LogP contribution in [0.2, 0.25) is 0 Å². The average Bonchev–Trinajstić information content (AvgIpc) is 2.75. The van der Waals surface area contributed by atoms with Gasteiger partial charge in [-0.25, -0.2) is 4.79 Å². The van der Waals surface area contributed by atoms with Crippen molar-refractivity contribution in [3.63, 3.8) is 0 Å². The number of carboxylic acid groups (broad SMARTS) is 1. The first-order valence-electron chi connectivity index (χ1n) is 8.31. The SMILES string of the molecule is CCCCc1c(C)n(C(C)C)c2c(C(=O)O)cc(CC)cc12. The van der Waals surface area contributed by atoms with Crippen LogP contribution >= 0.6 is 0 Å². The molecule has 0 fully saturated rings. The topological polar surface area (TPSA) is 42.2 Å². The summed E-state index contributed by atoms with van der Waals surface area (Å²) in [5.74, 6) is -0.832. The van der Waals surface area contributed by atoms with Gasteiger partial charge in [0.25, 0.3) is 0 Å². The summed E-state index contributed by atoms with van der Waals surface area (Å²) in [6.07, 6.45) is 4.16. The third kappa shape index (κ3) is 2.77. The van der Waals surface area contributed by atoms with Crippen LogP contribution in [-0.4, -0.2) is 15.6 Å². The van der Waals surface area contributed by atoms with Crippen LogP contribution in [0.15, 0.2) is 12.1 Å². The van der Waals surface area contributed by atoms with Crippen molar-refractivity contribution in [3.05, 3.63) is 34.5 Å². The van der Waals surface area contributed by atoms with Crippen molar-refractivity contribution in [2.24, 2.45) is 0 Å². The summed E-state index contributed by atoms with van der Waals surface area (Å²) in [6.45, 7) is 10.6. The molecule has 0 aliphatic rings. The lowest BCUT2D eigenvalue weighted by Gasteiger charge is -2.14. The lowest BCUT2D eigenvalue weighted by Crippen LogP contribution is -2.07. The molecule has 0 atom stereocenters. The highest BCUT2D eigenvalue weighted by Crippen LogP contribution is 2.33. The van der Waals surface area contributed by atoms with Gasteiger partial charge < -0.3 is 9.67 Å². The number of carboxylic acids is 1. The first kappa shape index (κ1) is 16.6. The first-order valence-corrected chi connectivity index (χ1v) is 8.31. The number of aromatic nitrogens is 1. The Morgan fingerprint density at radius 3 is 2.45 bits per heavy atom. The second-order valence-electron chi connectivity index (χ2n) is 6.33. The van der Waals surface area contributed by atoms with E-state index in [2.05, 4.69) is 45.3 Å². The predicted molar refractivity (Wildman–Crippen MR) is 92.0 cm³/mol. The monoisotopic (exact) mass is 301 g/mol. The van der Waals surface area contributed by atoms with E-state index in [-0.39, 0.29) is 6.04 Å². The summed E-state index contributed by atoms with van der Waals surface area (Å²) in [5.41, 5.74) is 4.97. The molecule has 0 radical (unpaired) electrons. The molecule has 1 aromatic carbocycles. The Hall–Kier alpha value is -1.77. The molecule has 0 aliphatic heterocycles. The number of carbonyl (C=O) groups is 1. The summed E-state index contributed by atoms with van der Waals surface area (Å²) in [6, 6.07) is 4.29. The van der Waals surface area contributed by atoms with Crippen molar-refractivity contribution in [2.45, 2.75) is 66.3 Å². The molecule has 0 amide bonds. The molecule has 22 heavy (non-hydrogen) atoms. The van der Waals surface area contributed by atoms with Crippen LogP contribution in [0.3, 0.4) is 0 Å². The highest BCUT2D eigenvalue weighted by Gasteiger charge is 2.21. The number of fused-ring (bicyclic) bond motifs is 1. The molecule has 1 N–H and O–H groups in total. The first-order chi connectivity index (χ1) is 10.4. The van der Waals surface area contributed by atoms with Crippen molar-refractivity contribution in [1.29, 1.82) is 0 Å². The quantitative estimate of drug-likeness (QED) is 0.803. The minimum absolute atomic E-state index is 0.253. The molecule has 1 aromatic heterocycles. The van der Waals surface area contributed by atoms with Gasteiger partial charge in [-0.15, -0.1) is 0 Å². The van der Waals surface area contributed by atoms with E-state index in [0.717, 1.165) is 42.1 Å². The van der Waals surface area contributed by atoms with E-state index in [9.17, 15) is 9.90 Å². The number of unbranched alkanes of at least 4 members (excludes halogenated alkanes) is 1. The molecular weight excluding hydrogens is 274 g/mol. The Morgan fingerprint density at radius 2 is 1.95 bits per heavy atom. The summed E-state index contributed by atoms with van der Waals surface area (Å²) in [7, 11) is 0. The number of benzene rings is 1. The Kier molecular flexibility index (Phi) is 4.94. The van der Waals surface area contributed by atoms with Crippen LogP contribution in [0.5, 0.6) is 0 Å². The molecule has 0 unspecified atom stereocenters. The standard InChI is InChI=1S/C19H27NO2/c1-6-8-9-15-13(5)20(12(3)4)18-16(15)10-14(7-2)11-17(18)19(21)22/h10-12H,6-9H2,1-5H3,(H,21,22). The third-order valence-corrected chi connectivity index (χ3v) is 4.47. The van der Waals surface area contributed by atoms with Crippen molar-refractivity contribution in [2.75, 3.05) is 0 Å². The van der Waals surface area contributed by atoms with Crippen LogP contribution in [0, 0.1) is 6.92 Å². The molecule has 0 spiro atoms. The van der Waals surface area contributed by atoms with Gasteiger partial charge in [0.15, 0.2) is 0 Å². The summed E-state index contributed by atoms with van der Waals surface area (Å²) < 4.78 is 2.20. The molecule has 0 saturated carbocycles. The molecule has 2 aromatic rings. The van der Waals surface area contributed by atoms with Gasteiger partial charge in [0.1, 0.15) is 0 Å². The number of aryl methyl sites for hydroxylation is 2. The van der Waals surface area contributed by atoms with Gasteiger partial charge in [0.05, 0.1) is 11.1 Å². The average molecular weight is 301 g/mol. The zero-order chi connectivity index (χ0) is 16.4. The Balaban J connectivity index is 2.87. The van der Waals surface area contributed by atoms with Gasteiger partial charge >= 0.3 is 5.97 Å². The molecule has 0 aliphatic carbocycles. The number of nitrogens with zero attached hydrogens (tertiary/aromatic N) is 1. The fourth-order valence-corrected chi connectivity index (χ4v) is 3.37. The predicted octanol–water partition coefficient (Wildman–Crippen LogP) is 5.13. The molecule has 1 heterocycles. The van der Waals surface area contributed by atoms with E-state index in [1.807, 2.05) is 6.07 Å². The summed E-state index contributed by atoms with van der Waals surface area (Å²) in [5, 5.41) is 10.8. The molecule has 120 valence electrons. The smallest absolute Gasteiger partial charge is 0.337 e. The van der Waals surface area contributed by atoms with Gasteiger partial charge in [0, 0.05) is 17.1 Å². The highest BCUT2D eigenvalue weighted by atomic mass is 16.4. The van der Waals surface area contributed by atoms with E-state index >= 15 is 0 Å². The van der Waals surface area contributed by atoms with Crippen LogP contribution < -0.4 is 0 Å². The Labute approximate surface area is 133 Å². The number of rotatable bonds is 6. The number of aromatic carboxylic acids is 1. The van der Waals surface area contributed by atoms with Crippen LogP contribution in [0.1, 0.15) is 73.8 Å². The Morgan fingerprint density at radius 1 is 1.27 bits per heavy atom. The fourth-order valence-electron chi connectivity index (χ4n) is 3.37. The van der Waals surface area contributed by atoms with Crippen molar-refractivity contribution in [3.8, 4) is 0 Å². The summed E-state index contributed by atoms with van der Waals surface area (Å²) in [4.78, 5) is 11.8. The van der Waals surface area contributed by atoms with Gasteiger partial charge in [-0.3, -0.25) is 0 Å². The second kappa shape index (κ2) is 6.55. The van der Waals surface area contributed by atoms with Crippen molar-refractivity contribution in [1.82, 2.24) is 4.57 Å². The van der Waals surface area contributed by atoms with E-state index in [4.69, 9.17) is 0 Å². The molecule has 0 saturated heterocycles. The number of hydrogen-bond acceptors (Lipinski definition) is 1. The lowest BCUT2D eigenvalue weighted by molar-refractivity contribution is 0.0698. The van der Waals surface area contributed by atoms with E-state index < -0.39 is 5.97 Å². The van der Waals surface area contributed by atoms with Crippen molar-refractivity contribution < 1.29 is 9.90 Å². The third-order valence-electron chi connectivity index (χ3n) is 4.47. The maximum atomic E-state index is 11.8. The van der Waals surface area contributed by atoms with Gasteiger partial charge in [-0.05, 0) is 63.3 Å². The molecule has 0 bridgehead atoms. The van der Waals surface area contributed by atoms with Crippen LogP contribution in [0.4, 0.5) is 0 Å². The second-order valence-corrected chi connectivity index (χ2v) is 6.33. The van der Waals surface area contributed by atoms with E-state index in [1.165, 1.54) is 11.3 Å². The van der Waals surface area contributed by atoms with Gasteiger partial charge in [0.2, 0.25) is 0 Å². The Bertz CT molecular complexity index is 695. The largest absolute Gasteiger partial charge is 0.478 e. The summed E-state index contributed by atoms with van der Waals surface area (Å²) >= 11 is 0. The van der Waals surface area contributed by atoms with E-state index in [1.54, 1.807) is 0 Å². The fraction of sp³-hybridized carbons (Fsp3) is 0.526. The van der Waals surface area contributed by atoms with Gasteiger partial charge in [-0.1, -0.05) is 20.3 Å². The lowest BCUT2D eigenvalue weighted by atomic mass is 9.99. The minimum Gasteiger partial charge on any atom is -0.478 e. The maximum absolute atomic E-state index is 11.8. The molecule has 3 heteroatoms. The zero-order valence-corrected chi connectivity index (χ0v) is 14.4. The molecular formula is C19H27NO2. The number of hydrogen-bond donors (Lipinski definition) is 1. The van der Waals surface area contributed by atoms with Crippen LogP contribution in [0.25, 0.3) is 10.9 Å². The van der Waals surface area contributed by atoms with Crippen molar-refractivity contribution >= 4 is 16.9 Å². The highest BCUT2D eigenvalue weighted by molar-refractivity contribution is 6.04.